The second-order valence-corrected chi connectivity index (χ2v) is 8.31. The van der Waals surface area contributed by atoms with E-state index in [9.17, 15) is 4.79 Å². The molecule has 0 bridgehead atoms. The van der Waals surface area contributed by atoms with Gasteiger partial charge in [-0.1, -0.05) is 18.2 Å². The quantitative estimate of drug-likeness (QED) is 0.379. The van der Waals surface area contributed by atoms with Crippen molar-refractivity contribution in [3.05, 3.63) is 78.9 Å². The number of piperidine rings is 1. The highest BCUT2D eigenvalue weighted by Crippen LogP contribution is 2.36. The fourth-order valence-corrected chi connectivity index (χ4v) is 4.47. The van der Waals surface area contributed by atoms with Crippen LogP contribution in [0, 0.1) is 0 Å². The van der Waals surface area contributed by atoms with Crippen LogP contribution in [0.5, 0.6) is 11.5 Å². The number of likely N-dealkylation sites (tertiary alicyclic amines) is 1. The summed E-state index contributed by atoms with van der Waals surface area (Å²) < 4.78 is 7.83. The van der Waals surface area contributed by atoms with Gasteiger partial charge in [0.25, 0.3) is 0 Å². The number of aromatic nitrogens is 4. The number of rotatable bonds is 5. The zero-order chi connectivity index (χ0) is 22.8. The molecule has 4 aromatic rings. The van der Waals surface area contributed by atoms with Gasteiger partial charge < -0.3 is 9.64 Å². The van der Waals surface area contributed by atoms with Crippen LogP contribution in [-0.4, -0.2) is 43.6 Å². The molecule has 1 aromatic carbocycles. The van der Waals surface area contributed by atoms with Gasteiger partial charge in [0.05, 0.1) is 16.6 Å². The Labute approximate surface area is 196 Å². The van der Waals surface area contributed by atoms with Crippen molar-refractivity contribution in [1.29, 1.82) is 0 Å². The molecular formula is C25H22ClN5O2. The minimum atomic E-state index is -0.0612. The second-order valence-electron chi connectivity index (χ2n) is 7.90. The number of amides is 1. The van der Waals surface area contributed by atoms with E-state index in [1.165, 1.54) is 6.08 Å². The zero-order valence-corrected chi connectivity index (χ0v) is 18.7. The standard InChI is InChI=1S/C25H22ClN5O2/c1-2-23(32)30-13-3-4-18(16-30)31-25-21(14-28-15-22(25)26)24(29-31)17-5-7-19(8-6-17)33-20-9-11-27-12-10-20/h2,5-12,14-15,18H,1,3-4,13,16H2. The predicted octanol–water partition coefficient (Wildman–Crippen LogP) is 5.29. The number of hydrogen-bond donors (Lipinski definition) is 0. The van der Waals surface area contributed by atoms with E-state index in [0.717, 1.165) is 53.0 Å². The van der Waals surface area contributed by atoms with Crippen molar-refractivity contribution in [2.45, 2.75) is 18.9 Å². The predicted molar refractivity (Wildman–Crippen MR) is 127 cm³/mol. The molecule has 166 valence electrons. The Kier molecular flexibility index (Phi) is 5.79. The largest absolute Gasteiger partial charge is 0.457 e. The molecule has 1 aliphatic heterocycles. The van der Waals surface area contributed by atoms with Crippen LogP contribution in [0.1, 0.15) is 18.9 Å². The van der Waals surface area contributed by atoms with Gasteiger partial charge in [-0.15, -0.1) is 0 Å². The number of pyridine rings is 2. The van der Waals surface area contributed by atoms with E-state index < -0.39 is 0 Å². The van der Waals surface area contributed by atoms with Crippen molar-refractivity contribution < 1.29 is 9.53 Å². The fourth-order valence-electron chi connectivity index (χ4n) is 4.23. The highest BCUT2D eigenvalue weighted by Gasteiger charge is 2.27. The van der Waals surface area contributed by atoms with E-state index >= 15 is 0 Å². The Balaban J connectivity index is 1.50. The summed E-state index contributed by atoms with van der Waals surface area (Å²) in [5.74, 6) is 1.38. The van der Waals surface area contributed by atoms with E-state index in [0.29, 0.717) is 11.6 Å². The number of ether oxygens (including phenoxy) is 1. The first-order valence-corrected chi connectivity index (χ1v) is 11.1. The molecule has 1 amide bonds. The number of carbonyl (C=O) groups is 1. The number of benzene rings is 1. The molecule has 0 spiro atoms. The summed E-state index contributed by atoms with van der Waals surface area (Å²) in [4.78, 5) is 22.3. The van der Waals surface area contributed by atoms with E-state index in [-0.39, 0.29) is 11.9 Å². The van der Waals surface area contributed by atoms with Crippen LogP contribution in [0.2, 0.25) is 5.02 Å². The number of halogens is 1. The van der Waals surface area contributed by atoms with Gasteiger partial charge in [-0.05, 0) is 55.3 Å². The SMILES string of the molecule is C=CC(=O)N1CCCC(n2nc(-c3ccc(Oc4ccncc4)cc3)c3cncc(Cl)c32)C1. The van der Waals surface area contributed by atoms with Crippen LogP contribution in [0.15, 0.2) is 73.8 Å². The summed E-state index contributed by atoms with van der Waals surface area (Å²) in [6.07, 6.45) is 9.97. The molecule has 7 nitrogen and oxygen atoms in total. The lowest BCUT2D eigenvalue weighted by atomic mass is 10.1. The Morgan fingerprint density at radius 3 is 2.61 bits per heavy atom. The number of fused-ring (bicyclic) bond motifs is 1. The highest BCUT2D eigenvalue weighted by molar-refractivity contribution is 6.35. The van der Waals surface area contributed by atoms with Gasteiger partial charge in [-0.25, -0.2) is 0 Å². The lowest BCUT2D eigenvalue weighted by Gasteiger charge is -2.32. The highest BCUT2D eigenvalue weighted by atomic mass is 35.5. The summed E-state index contributed by atoms with van der Waals surface area (Å²) in [6.45, 7) is 4.91. The maximum Gasteiger partial charge on any atom is 0.246 e. The van der Waals surface area contributed by atoms with Crippen molar-refractivity contribution in [2.75, 3.05) is 13.1 Å². The second kappa shape index (κ2) is 9.03. The third-order valence-electron chi connectivity index (χ3n) is 5.81. The van der Waals surface area contributed by atoms with E-state index in [4.69, 9.17) is 21.4 Å². The number of nitrogens with zero attached hydrogens (tertiary/aromatic N) is 5. The third kappa shape index (κ3) is 4.19. The maximum absolute atomic E-state index is 12.2. The van der Waals surface area contributed by atoms with Crippen LogP contribution >= 0.6 is 11.6 Å². The average Bonchev–Trinajstić information content (AvgIpc) is 3.26. The molecule has 4 heterocycles. The van der Waals surface area contributed by atoms with Crippen molar-refractivity contribution >= 4 is 28.4 Å². The Bertz CT molecular complexity index is 1300. The summed E-state index contributed by atoms with van der Waals surface area (Å²) in [7, 11) is 0. The fraction of sp³-hybridized carbons (Fsp3) is 0.200. The molecule has 1 fully saturated rings. The summed E-state index contributed by atoms with van der Waals surface area (Å²) in [6, 6.07) is 11.4. The minimum Gasteiger partial charge on any atom is -0.457 e. The third-order valence-corrected chi connectivity index (χ3v) is 6.08. The van der Waals surface area contributed by atoms with Gasteiger partial charge in [0.15, 0.2) is 0 Å². The van der Waals surface area contributed by atoms with Gasteiger partial charge in [0, 0.05) is 48.8 Å². The molecule has 5 rings (SSSR count). The maximum atomic E-state index is 12.2. The molecule has 0 aliphatic carbocycles. The van der Waals surface area contributed by atoms with Crippen LogP contribution in [0.4, 0.5) is 0 Å². The molecule has 1 aliphatic rings. The normalized spacial score (nSPS) is 16.0. The molecule has 1 atom stereocenters. The van der Waals surface area contributed by atoms with E-state index in [1.807, 2.05) is 33.8 Å². The molecule has 0 saturated carbocycles. The van der Waals surface area contributed by atoms with Crippen molar-refractivity contribution in [3.8, 4) is 22.8 Å². The first-order chi connectivity index (χ1) is 16.1. The van der Waals surface area contributed by atoms with Crippen LogP contribution in [-0.2, 0) is 4.79 Å². The number of hydrogen-bond acceptors (Lipinski definition) is 5. The van der Waals surface area contributed by atoms with Gasteiger partial charge >= 0.3 is 0 Å². The lowest BCUT2D eigenvalue weighted by molar-refractivity contribution is -0.127. The smallest absolute Gasteiger partial charge is 0.246 e. The van der Waals surface area contributed by atoms with E-state index in [2.05, 4.69) is 16.5 Å². The molecule has 3 aromatic heterocycles. The van der Waals surface area contributed by atoms with Crippen LogP contribution in [0.3, 0.4) is 0 Å². The van der Waals surface area contributed by atoms with Crippen molar-refractivity contribution in [1.82, 2.24) is 24.6 Å². The Morgan fingerprint density at radius 2 is 1.85 bits per heavy atom. The summed E-state index contributed by atoms with van der Waals surface area (Å²) >= 11 is 6.58. The first kappa shape index (κ1) is 21.2. The lowest BCUT2D eigenvalue weighted by Crippen LogP contribution is -2.40. The molecule has 0 N–H and O–H groups in total. The van der Waals surface area contributed by atoms with Gasteiger partial charge in [-0.2, -0.15) is 5.10 Å². The molecule has 33 heavy (non-hydrogen) atoms. The van der Waals surface area contributed by atoms with Gasteiger partial charge in [0.2, 0.25) is 5.91 Å². The van der Waals surface area contributed by atoms with Crippen molar-refractivity contribution in [2.24, 2.45) is 0 Å². The monoisotopic (exact) mass is 459 g/mol. The van der Waals surface area contributed by atoms with Crippen molar-refractivity contribution in [3.63, 3.8) is 0 Å². The minimum absolute atomic E-state index is 0.0214. The van der Waals surface area contributed by atoms with Crippen LogP contribution < -0.4 is 4.74 Å². The first-order valence-electron chi connectivity index (χ1n) is 10.8. The summed E-state index contributed by atoms with van der Waals surface area (Å²) in [5.41, 5.74) is 2.55. The number of carbonyl (C=O) groups excluding carboxylic acids is 1. The molecule has 0 radical (unpaired) electrons. The molecule has 8 heteroatoms. The molecular weight excluding hydrogens is 438 g/mol. The Morgan fingerprint density at radius 1 is 1.09 bits per heavy atom. The van der Waals surface area contributed by atoms with Gasteiger partial charge in [-0.3, -0.25) is 19.4 Å². The Hall–Kier alpha value is -3.71. The molecule has 1 saturated heterocycles. The van der Waals surface area contributed by atoms with Crippen LogP contribution in [0.25, 0.3) is 22.2 Å². The van der Waals surface area contributed by atoms with E-state index in [1.54, 1.807) is 36.9 Å². The average molecular weight is 460 g/mol. The topological polar surface area (TPSA) is 73.1 Å². The molecule has 1 unspecified atom stereocenters. The zero-order valence-electron chi connectivity index (χ0n) is 17.9. The van der Waals surface area contributed by atoms with Gasteiger partial charge in [0.1, 0.15) is 17.2 Å². The summed E-state index contributed by atoms with van der Waals surface area (Å²) in [5, 5.41) is 6.37.